The molecular weight excluding hydrogens is 143 g/mol. The zero-order valence-corrected chi connectivity index (χ0v) is 5.93. The van der Waals surface area contributed by atoms with Gasteiger partial charge in [-0.2, -0.15) is 0 Å². The average molecular weight is 153 g/mol. The van der Waals surface area contributed by atoms with Crippen molar-refractivity contribution in [2.75, 3.05) is 0 Å². The van der Waals surface area contributed by atoms with Gasteiger partial charge < -0.3 is 0 Å². The molecule has 0 amide bonds. The van der Waals surface area contributed by atoms with Crippen LogP contribution in [0.25, 0.3) is 0 Å². The molecule has 1 N–H and O–H groups in total. The molecule has 0 spiro atoms. The first-order chi connectivity index (χ1) is 2.64. The van der Waals surface area contributed by atoms with Crippen LogP contribution in [0.1, 0.15) is 13.8 Å². The predicted octanol–water partition coefficient (Wildman–Crippen LogP) is 0.0764. The van der Waals surface area contributed by atoms with E-state index in [1.165, 1.54) is 0 Å². The molecule has 0 fully saturated rings. The second-order valence-corrected chi connectivity index (χ2v) is 3.19. The number of aliphatic hydroxyl groups excluding tert-OH is 1. The van der Waals surface area contributed by atoms with Crippen LogP contribution in [-0.2, 0) is 0 Å². The summed E-state index contributed by atoms with van der Waals surface area (Å²) in [5, 5.41) is 8.61. The van der Waals surface area contributed by atoms with Crippen molar-refractivity contribution in [1.82, 2.24) is 0 Å². The van der Waals surface area contributed by atoms with E-state index in [9.17, 15) is 0 Å². The fourth-order valence-corrected chi connectivity index (χ4v) is 0. The fraction of sp³-hybridized carbons (Fsp3) is 1.00. The molecule has 0 heterocycles. The SMILES string of the molecule is CC(O)C(C)[SeH]. The Morgan fingerprint density at radius 3 is 1.67 bits per heavy atom. The van der Waals surface area contributed by atoms with Crippen LogP contribution in [0.3, 0.4) is 0 Å². The van der Waals surface area contributed by atoms with Crippen LogP contribution in [0.4, 0.5) is 0 Å². The van der Waals surface area contributed by atoms with Gasteiger partial charge in [-0.1, -0.05) is 0 Å². The van der Waals surface area contributed by atoms with Crippen LogP contribution in [0.5, 0.6) is 0 Å². The summed E-state index contributed by atoms with van der Waals surface area (Å²) >= 11 is 2.39. The molecular formula is C4H10OSe. The Bertz CT molecular complexity index is 28.5. The number of rotatable bonds is 1. The van der Waals surface area contributed by atoms with Crippen LogP contribution < -0.4 is 0 Å². The summed E-state index contributed by atoms with van der Waals surface area (Å²) in [4.78, 5) is 0.345. The van der Waals surface area contributed by atoms with Gasteiger partial charge in [-0.3, -0.25) is 0 Å². The van der Waals surface area contributed by atoms with Crippen molar-refractivity contribution in [1.29, 1.82) is 0 Å². The van der Waals surface area contributed by atoms with Gasteiger partial charge >= 0.3 is 45.9 Å². The molecule has 0 bridgehead atoms. The second-order valence-electron chi connectivity index (χ2n) is 1.48. The van der Waals surface area contributed by atoms with Gasteiger partial charge in [-0.05, 0) is 0 Å². The van der Waals surface area contributed by atoms with Gasteiger partial charge in [0.25, 0.3) is 0 Å². The minimum atomic E-state index is -0.176. The summed E-state index contributed by atoms with van der Waals surface area (Å²) in [7, 11) is 0. The molecule has 2 unspecified atom stereocenters. The number of hydrogen-bond donors (Lipinski definition) is 1. The first-order valence-corrected chi connectivity index (χ1v) is 3.09. The van der Waals surface area contributed by atoms with Crippen LogP contribution in [0.2, 0.25) is 4.82 Å². The molecule has 0 rings (SSSR count). The molecule has 0 saturated carbocycles. The molecule has 0 saturated heterocycles. The molecule has 0 aromatic carbocycles. The van der Waals surface area contributed by atoms with Crippen molar-refractivity contribution in [2.45, 2.75) is 24.8 Å². The quantitative estimate of drug-likeness (QED) is 0.529. The minimum absolute atomic E-state index is 0.176. The van der Waals surface area contributed by atoms with Crippen molar-refractivity contribution in [3.05, 3.63) is 0 Å². The summed E-state index contributed by atoms with van der Waals surface area (Å²) in [6.07, 6.45) is -0.176. The summed E-state index contributed by atoms with van der Waals surface area (Å²) < 4.78 is 0. The van der Waals surface area contributed by atoms with Crippen LogP contribution >= 0.6 is 0 Å². The molecule has 0 aromatic rings. The van der Waals surface area contributed by atoms with Gasteiger partial charge in [-0.15, -0.1) is 0 Å². The van der Waals surface area contributed by atoms with E-state index in [4.69, 9.17) is 5.11 Å². The third-order valence-electron chi connectivity index (χ3n) is 0.698. The van der Waals surface area contributed by atoms with Crippen LogP contribution in [0, 0.1) is 0 Å². The third-order valence-corrected chi connectivity index (χ3v) is 1.60. The second kappa shape index (κ2) is 2.62. The summed E-state index contributed by atoms with van der Waals surface area (Å²) in [5.41, 5.74) is 0. The molecule has 0 aliphatic rings. The summed E-state index contributed by atoms with van der Waals surface area (Å²) in [6, 6.07) is 0. The van der Waals surface area contributed by atoms with Gasteiger partial charge in [0.15, 0.2) is 0 Å². The van der Waals surface area contributed by atoms with E-state index in [0.717, 1.165) is 0 Å². The summed E-state index contributed by atoms with van der Waals surface area (Å²) in [5.74, 6) is 0. The molecule has 0 aliphatic heterocycles. The van der Waals surface area contributed by atoms with E-state index in [2.05, 4.69) is 16.0 Å². The van der Waals surface area contributed by atoms with E-state index in [1.54, 1.807) is 6.92 Å². The fourth-order valence-electron chi connectivity index (χ4n) is 0. The molecule has 2 atom stereocenters. The Balaban J connectivity index is 2.99. The zero-order chi connectivity index (χ0) is 5.15. The first kappa shape index (κ1) is 6.48. The normalized spacial score (nSPS) is 20.0. The van der Waals surface area contributed by atoms with Crippen LogP contribution in [-0.4, -0.2) is 27.2 Å². The third kappa shape index (κ3) is 2.70. The van der Waals surface area contributed by atoms with Crippen molar-refractivity contribution in [3.63, 3.8) is 0 Å². The zero-order valence-electron chi connectivity index (χ0n) is 4.05. The number of hydrogen-bond acceptors (Lipinski definition) is 1. The van der Waals surface area contributed by atoms with Crippen molar-refractivity contribution in [2.24, 2.45) is 0 Å². The van der Waals surface area contributed by atoms with Gasteiger partial charge in [0.05, 0.1) is 0 Å². The maximum absolute atomic E-state index is 8.61. The van der Waals surface area contributed by atoms with Gasteiger partial charge in [0.1, 0.15) is 0 Å². The van der Waals surface area contributed by atoms with Gasteiger partial charge in [0.2, 0.25) is 0 Å². The predicted molar refractivity (Wildman–Crippen MR) is 28.3 cm³/mol. The molecule has 6 heavy (non-hydrogen) atoms. The van der Waals surface area contributed by atoms with Gasteiger partial charge in [-0.25, -0.2) is 0 Å². The topological polar surface area (TPSA) is 20.2 Å². The van der Waals surface area contributed by atoms with Crippen molar-refractivity contribution in [3.8, 4) is 0 Å². The molecule has 0 aromatic heterocycles. The van der Waals surface area contributed by atoms with E-state index < -0.39 is 0 Å². The Morgan fingerprint density at radius 1 is 1.50 bits per heavy atom. The molecule has 0 aliphatic carbocycles. The Kier molecular flexibility index (Phi) is 2.83. The van der Waals surface area contributed by atoms with Crippen molar-refractivity contribution < 1.29 is 5.11 Å². The Labute approximate surface area is 46.6 Å². The van der Waals surface area contributed by atoms with E-state index in [0.29, 0.717) is 4.82 Å². The Hall–Kier alpha value is 0.479. The van der Waals surface area contributed by atoms with Gasteiger partial charge in [0, 0.05) is 0 Å². The molecule has 2 heteroatoms. The average Bonchev–Trinajstić information content (AvgIpc) is 1.36. The molecule has 38 valence electrons. The van der Waals surface area contributed by atoms with E-state index in [1.807, 2.05) is 6.92 Å². The first-order valence-electron chi connectivity index (χ1n) is 2.00. The maximum atomic E-state index is 8.61. The number of aliphatic hydroxyl groups is 1. The Morgan fingerprint density at radius 2 is 1.67 bits per heavy atom. The van der Waals surface area contributed by atoms with Crippen molar-refractivity contribution >= 4 is 16.0 Å². The molecule has 0 radical (unpaired) electrons. The molecule has 1 nitrogen and oxygen atoms in total. The van der Waals surface area contributed by atoms with E-state index >= 15 is 0 Å². The standard InChI is InChI=1S/C4H10OSe/c1-3(5)4(2)6/h3-6H,1-2H3. The van der Waals surface area contributed by atoms with Crippen LogP contribution in [0.15, 0.2) is 0 Å². The summed E-state index contributed by atoms with van der Waals surface area (Å²) in [6.45, 7) is 3.74. The monoisotopic (exact) mass is 154 g/mol. The van der Waals surface area contributed by atoms with E-state index in [-0.39, 0.29) is 6.10 Å².